The molecule has 0 atom stereocenters. The van der Waals surface area contributed by atoms with Crippen LogP contribution in [0.5, 0.6) is 0 Å². The summed E-state index contributed by atoms with van der Waals surface area (Å²) in [5.74, 6) is 0.0438. The number of amides is 1. The van der Waals surface area contributed by atoms with Crippen LogP contribution in [0.2, 0.25) is 37.8 Å². The zero-order valence-electron chi connectivity index (χ0n) is 24.0. The van der Waals surface area contributed by atoms with Crippen molar-refractivity contribution >= 4 is 22.3 Å². The molecule has 0 spiro atoms. The van der Waals surface area contributed by atoms with Crippen LogP contribution < -0.4 is 0 Å². The maximum atomic E-state index is 12.7. The number of aliphatic hydroxyl groups excluding tert-OH is 2. The minimum Gasteiger partial charge on any atom is -0.432 e. The number of hydrogen-bond acceptors (Lipinski definition) is 4. The Labute approximate surface area is 223 Å². The molecule has 2 N–H and O–H groups in total. The average Bonchev–Trinajstić information content (AvgIpc) is 2.55. The summed E-state index contributed by atoms with van der Waals surface area (Å²) in [5, 5.41) is 16.3. The van der Waals surface area contributed by atoms with Gasteiger partial charge in [0.2, 0.25) is 0 Å². The summed E-state index contributed by atoms with van der Waals surface area (Å²) in [6.07, 6.45) is 4.63. The zero-order valence-corrected chi connectivity index (χ0v) is 27.6. The molecule has 0 fully saturated rings. The molecule has 0 unspecified atom stereocenters. The Hall–Kier alpha value is -0.0219. The van der Waals surface area contributed by atoms with Gasteiger partial charge in [0.1, 0.15) is 0 Å². The summed E-state index contributed by atoms with van der Waals surface area (Å²) in [4.78, 5) is 14.5. The minimum atomic E-state index is -1.79. The maximum Gasteiger partial charge on any atom is 2.00 e. The molecule has 0 radical (unpaired) electrons. The first kappa shape index (κ1) is 40.2. The average molecular weight is 536 g/mol. The molecule has 194 valence electrons. The fraction of sp³-hybridized carbons (Fsp3) is 0.800. The summed E-state index contributed by atoms with van der Waals surface area (Å²) in [7, 11) is -3.40. The van der Waals surface area contributed by atoms with Crippen molar-refractivity contribution in [2.24, 2.45) is 0 Å². The third kappa shape index (κ3) is 24.9. The van der Waals surface area contributed by atoms with E-state index in [-0.39, 0.29) is 44.9 Å². The summed E-state index contributed by atoms with van der Waals surface area (Å²) in [6, 6.07) is 0. The maximum absolute atomic E-state index is 12.7. The van der Waals surface area contributed by atoms with Crippen molar-refractivity contribution in [3.05, 3.63) is 23.4 Å². The third-order valence-electron chi connectivity index (χ3n) is 4.36. The number of likely N-dealkylation sites (N-methyl/N-ethyl adjacent to an activating group) is 1. The van der Waals surface area contributed by atoms with Gasteiger partial charge in [-0.05, 0) is 74.4 Å². The Morgan fingerprint density at radius 1 is 0.970 bits per heavy atom. The second-order valence-corrected chi connectivity index (χ2v) is 20.4. The van der Waals surface area contributed by atoms with Gasteiger partial charge in [-0.3, -0.25) is 5.57 Å². The fourth-order valence-corrected chi connectivity index (χ4v) is 3.68. The Morgan fingerprint density at radius 2 is 1.33 bits per heavy atom. The molecule has 33 heavy (non-hydrogen) atoms. The van der Waals surface area contributed by atoms with Crippen LogP contribution in [0, 0.1) is 11.8 Å². The van der Waals surface area contributed by atoms with E-state index in [0.29, 0.717) is 25.3 Å². The predicted molar refractivity (Wildman–Crippen MR) is 144 cm³/mol. The molecule has 0 saturated carbocycles. The Kier molecular flexibility index (Phi) is 23.4. The second-order valence-electron chi connectivity index (χ2n) is 10.9. The molecule has 0 aliphatic heterocycles. The first-order chi connectivity index (χ1) is 14.2. The van der Waals surface area contributed by atoms with Crippen LogP contribution >= 0.6 is 0 Å². The molecule has 0 aromatic carbocycles. The van der Waals surface area contributed by atoms with Gasteiger partial charge in [0, 0.05) is 25.3 Å². The van der Waals surface area contributed by atoms with E-state index in [1.54, 1.807) is 33.8 Å². The van der Waals surface area contributed by atoms with E-state index in [1.807, 2.05) is 18.7 Å². The fourth-order valence-electron chi connectivity index (χ4n) is 1.82. The van der Waals surface area contributed by atoms with Gasteiger partial charge in [0.15, 0.2) is 8.32 Å². The quantitative estimate of drug-likeness (QED) is 0.183. The largest absolute Gasteiger partial charge is 2.00 e. The summed E-state index contributed by atoms with van der Waals surface area (Å²) in [5.41, 5.74) is 4.07. The van der Waals surface area contributed by atoms with E-state index < -0.39 is 16.4 Å². The van der Waals surface area contributed by atoms with Gasteiger partial charge in [0.05, 0.1) is 5.91 Å². The number of aliphatic hydroxyl groups is 2. The van der Waals surface area contributed by atoms with Crippen molar-refractivity contribution in [3.8, 4) is 0 Å². The Morgan fingerprint density at radius 3 is 1.61 bits per heavy atom. The Balaban J connectivity index is -0.000000401. The molecule has 5 nitrogen and oxygen atoms in total. The molecule has 0 saturated heterocycles. The molecule has 0 aromatic rings. The zero-order chi connectivity index (χ0) is 26.3. The van der Waals surface area contributed by atoms with Gasteiger partial charge in [-0.15, -0.1) is 0 Å². The van der Waals surface area contributed by atoms with Gasteiger partial charge in [-0.25, -0.2) is 0 Å². The van der Waals surface area contributed by atoms with Crippen LogP contribution in [0.1, 0.15) is 62.3 Å². The van der Waals surface area contributed by atoms with Gasteiger partial charge >= 0.3 is 21.7 Å². The molecule has 0 aromatic heterocycles. The number of rotatable bonds is 8. The summed E-state index contributed by atoms with van der Waals surface area (Å²) in [6.45, 7) is 30.4. The molecule has 8 heteroatoms. The second kappa shape index (κ2) is 19.2. The van der Waals surface area contributed by atoms with E-state index in [1.165, 1.54) is 0 Å². The van der Waals surface area contributed by atoms with Crippen LogP contribution in [0.15, 0.2) is 11.6 Å². The van der Waals surface area contributed by atoms with Gasteiger partial charge in [-0.2, -0.15) is 0 Å². The van der Waals surface area contributed by atoms with Crippen LogP contribution in [0.4, 0.5) is 0 Å². The van der Waals surface area contributed by atoms with Gasteiger partial charge in [0.25, 0.3) is 0 Å². The first-order valence-electron chi connectivity index (χ1n) is 11.7. The van der Waals surface area contributed by atoms with E-state index >= 15 is 0 Å². The molecular formula is C25H53NO4Si2Ti. The molecular weight excluding hydrogens is 482 g/mol. The van der Waals surface area contributed by atoms with Crippen LogP contribution in [0.3, 0.4) is 0 Å². The summed E-state index contributed by atoms with van der Waals surface area (Å²) < 4.78 is 6.11. The van der Waals surface area contributed by atoms with Crippen molar-refractivity contribution in [1.29, 1.82) is 0 Å². The van der Waals surface area contributed by atoms with E-state index in [0.717, 1.165) is 0 Å². The number of nitrogens with zero attached hydrogens (tertiary/aromatic N) is 1. The van der Waals surface area contributed by atoms with Crippen molar-refractivity contribution in [2.45, 2.75) is 112 Å². The number of carbonyl (C=O) groups excluding carboxylic acids is 1. The monoisotopic (exact) mass is 535 g/mol. The van der Waals surface area contributed by atoms with Crippen molar-refractivity contribution in [2.75, 3.05) is 19.7 Å². The predicted octanol–water partition coefficient (Wildman–Crippen LogP) is 5.61. The molecule has 0 aliphatic rings. The molecule has 0 heterocycles. The smallest absolute Gasteiger partial charge is 0.432 e. The normalized spacial score (nSPS) is 12.6. The van der Waals surface area contributed by atoms with Crippen LogP contribution in [0.25, 0.3) is 0 Å². The third-order valence-corrected chi connectivity index (χ3v) is 9.86. The Bertz CT molecular complexity index is 548. The van der Waals surface area contributed by atoms with Crippen molar-refractivity contribution < 1.29 is 41.2 Å². The molecule has 0 bridgehead atoms. The van der Waals surface area contributed by atoms with Crippen LogP contribution in [-0.2, 0) is 30.9 Å². The first-order valence-corrected chi connectivity index (χ1v) is 18.1. The summed E-state index contributed by atoms with van der Waals surface area (Å²) >= 11 is 0. The van der Waals surface area contributed by atoms with Gasteiger partial charge < -0.3 is 42.2 Å². The van der Waals surface area contributed by atoms with E-state index in [4.69, 9.17) is 14.6 Å². The number of carbonyl (C=O) groups is 1. The SMILES string of the molecule is CC(C)O.CC(C)O.CCN(CC)C(=O)C(=[C-][Si](C)(C)C)C=[C-]CO[Si](C)(C)C(C)(C)C.[Ti+2]. The molecule has 0 aliphatic carbocycles. The van der Waals surface area contributed by atoms with Crippen molar-refractivity contribution in [3.63, 3.8) is 0 Å². The topological polar surface area (TPSA) is 70.0 Å². The van der Waals surface area contributed by atoms with Crippen LogP contribution in [-0.4, -0.2) is 69.3 Å². The molecule has 1 amide bonds. The van der Waals surface area contributed by atoms with Crippen molar-refractivity contribution in [1.82, 2.24) is 4.90 Å². The minimum absolute atomic E-state index is 0. The molecule has 0 rings (SSSR count). The standard InChI is InChI=1S/C19H37NO2Si2.2C3H8O.Ti/c1-11-20(12-2)18(21)17(16-23(6,7)8)14-13-15-22-24(9,10)19(3,4)5;2*1-3(2)4;/h14H,11-12,15H2,1-10H3;2*3-4H,1-2H3;/q-2;;;+2. The van der Waals surface area contributed by atoms with E-state index in [2.05, 4.69) is 65.3 Å². The van der Waals surface area contributed by atoms with E-state index in [9.17, 15) is 4.79 Å². The number of hydrogen-bond donors (Lipinski definition) is 2. The van der Waals surface area contributed by atoms with Gasteiger partial charge in [-0.1, -0.05) is 40.4 Å².